The lowest BCUT2D eigenvalue weighted by Gasteiger charge is -2.10. The van der Waals surface area contributed by atoms with E-state index in [9.17, 15) is 22.0 Å². The summed E-state index contributed by atoms with van der Waals surface area (Å²) < 4.78 is 70.2. The van der Waals surface area contributed by atoms with Crippen LogP contribution in [0.3, 0.4) is 0 Å². The number of aromatic nitrogens is 4. The molecule has 0 aliphatic heterocycles. The van der Waals surface area contributed by atoms with E-state index < -0.39 is 18.5 Å². The summed E-state index contributed by atoms with van der Waals surface area (Å²) in [5.41, 5.74) is -0.375. The van der Waals surface area contributed by atoms with E-state index in [1.165, 1.54) is 48.3 Å². The molecule has 1 aromatic carbocycles. The Bertz CT molecular complexity index is 985. The van der Waals surface area contributed by atoms with Crippen molar-refractivity contribution in [1.82, 2.24) is 19.7 Å². The van der Waals surface area contributed by atoms with Crippen molar-refractivity contribution < 1.29 is 26.7 Å². The Kier molecular flexibility index (Phi) is 5.66. The topological polar surface area (TPSA) is 64.9 Å². The van der Waals surface area contributed by atoms with Crippen LogP contribution in [-0.4, -0.2) is 26.4 Å². The highest BCUT2D eigenvalue weighted by molar-refractivity contribution is 5.67. The van der Waals surface area contributed by atoms with Crippen molar-refractivity contribution in [3.8, 4) is 17.0 Å². The first-order valence-electron chi connectivity index (χ1n) is 8.48. The maximum atomic E-state index is 13.4. The van der Waals surface area contributed by atoms with Crippen LogP contribution in [-0.2, 0) is 12.7 Å². The zero-order valence-corrected chi connectivity index (χ0v) is 15.3. The van der Waals surface area contributed by atoms with Crippen molar-refractivity contribution in [3.63, 3.8) is 0 Å². The van der Waals surface area contributed by atoms with Crippen molar-refractivity contribution >= 4 is 11.5 Å². The number of hydrogen-bond acceptors (Lipinski definition) is 5. The number of aryl methyl sites for hydroxylation is 1. The van der Waals surface area contributed by atoms with Crippen LogP contribution >= 0.6 is 0 Å². The van der Waals surface area contributed by atoms with Gasteiger partial charge in [0.2, 0.25) is 0 Å². The van der Waals surface area contributed by atoms with Gasteiger partial charge in [0.1, 0.15) is 11.6 Å². The van der Waals surface area contributed by atoms with E-state index in [4.69, 9.17) is 0 Å². The van der Waals surface area contributed by atoms with E-state index in [0.29, 0.717) is 11.4 Å². The van der Waals surface area contributed by atoms with Gasteiger partial charge in [-0.15, -0.1) is 0 Å². The number of halogens is 5. The largest absolute Gasteiger partial charge is 0.435 e. The Hall–Kier alpha value is -3.24. The second-order valence-corrected chi connectivity index (χ2v) is 5.94. The number of alkyl halides is 5. The predicted molar refractivity (Wildman–Crippen MR) is 95.0 cm³/mol. The second-order valence-electron chi connectivity index (χ2n) is 5.94. The van der Waals surface area contributed by atoms with Crippen molar-refractivity contribution in [3.05, 3.63) is 48.0 Å². The molecule has 3 rings (SSSR count). The molecule has 0 bridgehead atoms. The predicted octanol–water partition coefficient (Wildman–Crippen LogP) is 5.03. The standard InChI is InChI=1S/C18H16F5N5O/c1-3-28-10(2)15(16(27-28)18(21,22)23)13-8-24-9-14(26-13)25-11-4-6-12(7-5-11)29-17(19)20/h4-9,17H,3H2,1-2H3,(H,25,26). The van der Waals surface area contributed by atoms with E-state index in [1.807, 2.05) is 0 Å². The minimum atomic E-state index is -4.65. The lowest BCUT2D eigenvalue weighted by molar-refractivity contribution is -0.141. The summed E-state index contributed by atoms with van der Waals surface area (Å²) in [6, 6.07) is 5.58. The highest BCUT2D eigenvalue weighted by Gasteiger charge is 2.39. The van der Waals surface area contributed by atoms with Crippen LogP contribution in [0.15, 0.2) is 36.7 Å². The van der Waals surface area contributed by atoms with Gasteiger partial charge < -0.3 is 10.1 Å². The number of ether oxygens (including phenoxy) is 1. The molecule has 11 heteroatoms. The van der Waals surface area contributed by atoms with Crippen LogP contribution in [0.4, 0.5) is 33.5 Å². The number of anilines is 2. The fourth-order valence-corrected chi connectivity index (χ4v) is 2.77. The molecular weight excluding hydrogens is 397 g/mol. The molecule has 0 saturated heterocycles. The molecule has 154 valence electrons. The zero-order chi connectivity index (χ0) is 21.2. The van der Waals surface area contributed by atoms with E-state index in [1.54, 1.807) is 6.92 Å². The molecule has 0 radical (unpaired) electrons. The van der Waals surface area contributed by atoms with Gasteiger partial charge in [0.05, 0.1) is 23.7 Å². The highest BCUT2D eigenvalue weighted by Crippen LogP contribution is 2.37. The summed E-state index contributed by atoms with van der Waals surface area (Å²) >= 11 is 0. The molecule has 0 amide bonds. The lowest BCUT2D eigenvalue weighted by atomic mass is 10.1. The number of nitrogens with zero attached hydrogens (tertiary/aromatic N) is 4. The van der Waals surface area contributed by atoms with Gasteiger partial charge in [-0.3, -0.25) is 9.67 Å². The smallest absolute Gasteiger partial charge is 0.435 e. The number of rotatable bonds is 6. The van der Waals surface area contributed by atoms with Crippen molar-refractivity contribution in [2.24, 2.45) is 0 Å². The first-order valence-corrected chi connectivity index (χ1v) is 8.48. The van der Waals surface area contributed by atoms with Crippen molar-refractivity contribution in [1.29, 1.82) is 0 Å². The van der Waals surface area contributed by atoms with E-state index in [-0.39, 0.29) is 29.4 Å². The number of benzene rings is 1. The average Bonchev–Trinajstić information content (AvgIpc) is 3.00. The molecule has 6 nitrogen and oxygen atoms in total. The Morgan fingerprint density at radius 1 is 1.14 bits per heavy atom. The molecular formula is C18H16F5N5O. The van der Waals surface area contributed by atoms with Gasteiger partial charge in [0.25, 0.3) is 0 Å². The second kappa shape index (κ2) is 8.02. The van der Waals surface area contributed by atoms with E-state index in [0.717, 1.165) is 0 Å². The molecule has 2 heterocycles. The summed E-state index contributed by atoms with van der Waals surface area (Å²) in [6.45, 7) is 0.555. The minimum absolute atomic E-state index is 0.0113. The fourth-order valence-electron chi connectivity index (χ4n) is 2.77. The summed E-state index contributed by atoms with van der Waals surface area (Å²) in [6.07, 6.45) is -2.09. The molecule has 0 atom stereocenters. The Morgan fingerprint density at radius 2 is 1.83 bits per heavy atom. The maximum absolute atomic E-state index is 13.4. The van der Waals surface area contributed by atoms with E-state index in [2.05, 4.69) is 25.1 Å². The summed E-state index contributed by atoms with van der Waals surface area (Å²) in [4.78, 5) is 8.17. The molecule has 29 heavy (non-hydrogen) atoms. The molecule has 0 aliphatic rings. The first kappa shape index (κ1) is 20.5. The van der Waals surface area contributed by atoms with Crippen LogP contribution in [0, 0.1) is 6.92 Å². The monoisotopic (exact) mass is 413 g/mol. The van der Waals surface area contributed by atoms with Crippen molar-refractivity contribution in [2.75, 3.05) is 5.32 Å². The average molecular weight is 413 g/mol. The summed E-state index contributed by atoms with van der Waals surface area (Å²) in [5, 5.41) is 6.52. The van der Waals surface area contributed by atoms with Crippen LogP contribution in [0.5, 0.6) is 5.75 Å². The Balaban J connectivity index is 1.92. The van der Waals surface area contributed by atoms with Crippen LogP contribution in [0.1, 0.15) is 18.3 Å². The quantitative estimate of drug-likeness (QED) is 0.574. The molecule has 0 fully saturated rings. The zero-order valence-electron chi connectivity index (χ0n) is 15.3. The summed E-state index contributed by atoms with van der Waals surface area (Å²) in [7, 11) is 0. The number of nitrogens with one attached hydrogen (secondary N) is 1. The van der Waals surface area contributed by atoms with Gasteiger partial charge >= 0.3 is 12.8 Å². The molecule has 0 spiro atoms. The molecule has 0 unspecified atom stereocenters. The van der Waals surface area contributed by atoms with Crippen molar-refractivity contribution in [2.45, 2.75) is 33.2 Å². The normalized spacial score (nSPS) is 11.7. The van der Waals surface area contributed by atoms with Gasteiger partial charge in [0.15, 0.2) is 5.69 Å². The Labute approximate surface area is 162 Å². The Morgan fingerprint density at radius 3 is 2.41 bits per heavy atom. The first-order chi connectivity index (χ1) is 13.7. The molecule has 3 aromatic rings. The van der Waals surface area contributed by atoms with Gasteiger partial charge in [0, 0.05) is 17.9 Å². The molecule has 1 N–H and O–H groups in total. The third-order valence-corrected chi connectivity index (χ3v) is 4.02. The maximum Gasteiger partial charge on any atom is 0.435 e. The fraction of sp³-hybridized carbons (Fsp3) is 0.278. The molecule has 0 saturated carbocycles. The number of hydrogen-bond donors (Lipinski definition) is 1. The minimum Gasteiger partial charge on any atom is -0.435 e. The summed E-state index contributed by atoms with van der Waals surface area (Å²) in [5.74, 6) is 0.157. The SMILES string of the molecule is CCn1nc(C(F)(F)F)c(-c2cncc(Nc3ccc(OC(F)F)cc3)n2)c1C. The highest BCUT2D eigenvalue weighted by atomic mass is 19.4. The third-order valence-electron chi connectivity index (χ3n) is 4.02. The van der Waals surface area contributed by atoms with Gasteiger partial charge in [-0.05, 0) is 38.1 Å². The van der Waals surface area contributed by atoms with Crippen LogP contribution in [0.25, 0.3) is 11.3 Å². The molecule has 0 aliphatic carbocycles. The van der Waals surface area contributed by atoms with Gasteiger partial charge in [-0.2, -0.15) is 27.1 Å². The van der Waals surface area contributed by atoms with Gasteiger partial charge in [-0.25, -0.2) is 4.98 Å². The van der Waals surface area contributed by atoms with E-state index >= 15 is 0 Å². The van der Waals surface area contributed by atoms with Gasteiger partial charge in [-0.1, -0.05) is 0 Å². The van der Waals surface area contributed by atoms with Crippen LogP contribution < -0.4 is 10.1 Å². The van der Waals surface area contributed by atoms with Crippen LogP contribution in [0.2, 0.25) is 0 Å². The third kappa shape index (κ3) is 4.61. The molecule has 2 aromatic heterocycles. The lowest BCUT2D eigenvalue weighted by Crippen LogP contribution is -2.09.